The molecule has 0 fully saturated rings. The van der Waals surface area contributed by atoms with Gasteiger partial charge in [0, 0.05) is 5.92 Å². The van der Waals surface area contributed by atoms with Gasteiger partial charge < -0.3 is 4.74 Å². The quantitative estimate of drug-likeness (QED) is 0.620. The Bertz CT molecular complexity index is 658. The molecule has 0 saturated heterocycles. The van der Waals surface area contributed by atoms with Crippen LogP contribution in [0.25, 0.3) is 0 Å². The second-order valence-electron chi connectivity index (χ2n) is 4.39. The van der Waals surface area contributed by atoms with Gasteiger partial charge in [-0.25, -0.2) is 13.2 Å². The van der Waals surface area contributed by atoms with E-state index in [1.165, 1.54) is 19.2 Å². The monoisotopic (exact) mass is 334 g/mol. The van der Waals surface area contributed by atoms with Gasteiger partial charge in [0.25, 0.3) is 10.0 Å². The molecule has 1 aromatic carbocycles. The van der Waals surface area contributed by atoms with Crippen LogP contribution in [0.4, 0.5) is 0 Å². The molecule has 0 aliphatic carbocycles. The molecule has 0 saturated carbocycles. The highest BCUT2D eigenvalue weighted by Gasteiger charge is 2.21. The third-order valence-electron chi connectivity index (χ3n) is 2.47. The normalized spacial score (nSPS) is 11.3. The Labute approximate surface area is 127 Å². The summed E-state index contributed by atoms with van der Waals surface area (Å²) in [6, 6.07) is 3.66. The van der Waals surface area contributed by atoms with E-state index < -0.39 is 27.8 Å². The van der Waals surface area contributed by atoms with E-state index in [9.17, 15) is 18.0 Å². The van der Waals surface area contributed by atoms with Crippen molar-refractivity contribution in [2.45, 2.75) is 18.7 Å². The molecule has 0 aliphatic rings. The largest absolute Gasteiger partial charge is 0.465 e. The zero-order valence-corrected chi connectivity index (χ0v) is 13.2. The second kappa shape index (κ2) is 6.88. The summed E-state index contributed by atoms with van der Waals surface area (Å²) in [5.74, 6) is -1.60. The zero-order chi connectivity index (χ0) is 16.2. The fourth-order valence-electron chi connectivity index (χ4n) is 1.27. The molecule has 0 aromatic heterocycles. The Morgan fingerprint density at radius 1 is 1.29 bits per heavy atom. The van der Waals surface area contributed by atoms with Crippen LogP contribution in [-0.4, -0.2) is 27.4 Å². The van der Waals surface area contributed by atoms with Crippen molar-refractivity contribution >= 4 is 33.5 Å². The molecule has 0 atom stereocenters. The predicted octanol–water partition coefficient (Wildman–Crippen LogP) is 1.09. The minimum absolute atomic E-state index is 0.0254. The first-order valence-corrected chi connectivity index (χ1v) is 7.74. The van der Waals surface area contributed by atoms with Crippen molar-refractivity contribution in [3.05, 3.63) is 28.8 Å². The average Bonchev–Trinajstić information content (AvgIpc) is 2.44. The maximum Gasteiger partial charge on any atom is 0.337 e. The molecular weight excluding hydrogens is 320 g/mol. The van der Waals surface area contributed by atoms with Crippen LogP contribution in [0, 0.1) is 5.92 Å². The van der Waals surface area contributed by atoms with Crippen LogP contribution < -0.4 is 10.3 Å². The molecule has 116 valence electrons. The van der Waals surface area contributed by atoms with Crippen LogP contribution >= 0.6 is 11.6 Å². The molecule has 0 aliphatic heterocycles. The number of esters is 1. The van der Waals surface area contributed by atoms with Gasteiger partial charge in [-0.3, -0.25) is 10.2 Å². The lowest BCUT2D eigenvalue weighted by atomic mass is 10.2. The van der Waals surface area contributed by atoms with Gasteiger partial charge in [-0.15, -0.1) is 4.83 Å². The van der Waals surface area contributed by atoms with Gasteiger partial charge in [0.2, 0.25) is 5.91 Å². The van der Waals surface area contributed by atoms with Gasteiger partial charge in [-0.05, 0) is 18.2 Å². The molecule has 1 aromatic rings. The lowest BCUT2D eigenvalue weighted by Gasteiger charge is -2.11. The standard InChI is InChI=1S/C12H15ClN2O5S/c1-7(2)11(16)14-15-21(18,19)10-6-8(12(17)20-3)4-5-9(10)13/h4-7,15H,1-3H3,(H,14,16). The lowest BCUT2D eigenvalue weighted by Crippen LogP contribution is -2.43. The third kappa shape index (κ3) is 4.42. The number of rotatable bonds is 5. The van der Waals surface area contributed by atoms with Crippen LogP contribution in [0.3, 0.4) is 0 Å². The molecular formula is C12H15ClN2O5S. The van der Waals surface area contributed by atoms with Crippen molar-refractivity contribution in [2.24, 2.45) is 5.92 Å². The molecule has 9 heteroatoms. The number of hydrogen-bond donors (Lipinski definition) is 2. The Kier molecular flexibility index (Phi) is 5.70. The number of hydrogen-bond acceptors (Lipinski definition) is 5. The Morgan fingerprint density at radius 3 is 2.43 bits per heavy atom. The fourth-order valence-corrected chi connectivity index (χ4v) is 2.64. The SMILES string of the molecule is COC(=O)c1ccc(Cl)c(S(=O)(=O)NNC(=O)C(C)C)c1. The average molecular weight is 335 g/mol. The molecule has 7 nitrogen and oxygen atoms in total. The molecule has 21 heavy (non-hydrogen) atoms. The molecule has 1 rings (SSSR count). The van der Waals surface area contributed by atoms with E-state index in [0.29, 0.717) is 0 Å². The van der Waals surface area contributed by atoms with Crippen molar-refractivity contribution in [2.75, 3.05) is 7.11 Å². The Morgan fingerprint density at radius 2 is 1.90 bits per heavy atom. The van der Waals surface area contributed by atoms with Crippen LogP contribution in [-0.2, 0) is 19.6 Å². The molecule has 0 spiro atoms. The summed E-state index contributed by atoms with van der Waals surface area (Å²) in [6.45, 7) is 3.21. The van der Waals surface area contributed by atoms with Gasteiger partial charge in [-0.1, -0.05) is 25.4 Å². The minimum atomic E-state index is -4.11. The summed E-state index contributed by atoms with van der Waals surface area (Å²) in [6.07, 6.45) is 0. The van der Waals surface area contributed by atoms with E-state index in [1.54, 1.807) is 13.8 Å². The Hall–Kier alpha value is -1.64. The first kappa shape index (κ1) is 17.4. The summed E-state index contributed by atoms with van der Waals surface area (Å²) >= 11 is 5.82. The van der Waals surface area contributed by atoms with E-state index in [4.69, 9.17) is 11.6 Å². The minimum Gasteiger partial charge on any atom is -0.465 e. The van der Waals surface area contributed by atoms with Gasteiger partial charge in [-0.2, -0.15) is 0 Å². The maximum absolute atomic E-state index is 12.1. The number of carbonyl (C=O) groups excluding carboxylic acids is 2. The van der Waals surface area contributed by atoms with Gasteiger partial charge >= 0.3 is 5.97 Å². The lowest BCUT2D eigenvalue weighted by molar-refractivity contribution is -0.124. The van der Waals surface area contributed by atoms with E-state index >= 15 is 0 Å². The summed E-state index contributed by atoms with van der Waals surface area (Å²) in [7, 11) is -2.93. The summed E-state index contributed by atoms with van der Waals surface area (Å²) < 4.78 is 28.7. The maximum atomic E-state index is 12.1. The highest BCUT2D eigenvalue weighted by Crippen LogP contribution is 2.22. The highest BCUT2D eigenvalue weighted by atomic mass is 35.5. The molecule has 2 N–H and O–H groups in total. The number of hydrazine groups is 1. The number of benzene rings is 1. The molecule has 0 unspecified atom stereocenters. The second-order valence-corrected chi connectivity index (χ2v) is 6.44. The Balaban J connectivity index is 3.07. The van der Waals surface area contributed by atoms with Crippen LogP contribution in [0.5, 0.6) is 0 Å². The molecule has 0 radical (unpaired) electrons. The number of amides is 1. The van der Waals surface area contributed by atoms with Crippen molar-refractivity contribution < 1.29 is 22.7 Å². The van der Waals surface area contributed by atoms with E-state index in [2.05, 4.69) is 10.2 Å². The van der Waals surface area contributed by atoms with Crippen molar-refractivity contribution in [3.63, 3.8) is 0 Å². The summed E-state index contributed by atoms with van der Waals surface area (Å²) in [4.78, 5) is 24.4. The number of halogens is 1. The molecule has 0 bridgehead atoms. The van der Waals surface area contributed by atoms with E-state index in [0.717, 1.165) is 6.07 Å². The summed E-state index contributed by atoms with van der Waals surface area (Å²) in [5.41, 5.74) is 2.08. The van der Waals surface area contributed by atoms with Gasteiger partial charge in [0.1, 0.15) is 4.90 Å². The number of ether oxygens (including phenoxy) is 1. The molecule has 0 heterocycles. The van der Waals surface area contributed by atoms with Crippen molar-refractivity contribution in [1.82, 2.24) is 10.3 Å². The number of nitrogens with one attached hydrogen (secondary N) is 2. The van der Waals surface area contributed by atoms with Crippen molar-refractivity contribution in [3.8, 4) is 0 Å². The first-order chi connectivity index (χ1) is 9.69. The predicted molar refractivity (Wildman–Crippen MR) is 76.1 cm³/mol. The topological polar surface area (TPSA) is 102 Å². The van der Waals surface area contributed by atoms with Crippen LogP contribution in [0.2, 0.25) is 5.02 Å². The number of carbonyl (C=O) groups is 2. The number of sulfonamides is 1. The molecule has 1 amide bonds. The third-order valence-corrected chi connectivity index (χ3v) is 4.20. The van der Waals surface area contributed by atoms with E-state index in [1.807, 2.05) is 4.83 Å². The highest BCUT2D eigenvalue weighted by molar-refractivity contribution is 7.89. The number of methoxy groups -OCH3 is 1. The van der Waals surface area contributed by atoms with Crippen LogP contribution in [0.1, 0.15) is 24.2 Å². The zero-order valence-electron chi connectivity index (χ0n) is 11.6. The van der Waals surface area contributed by atoms with Crippen LogP contribution in [0.15, 0.2) is 23.1 Å². The van der Waals surface area contributed by atoms with E-state index in [-0.39, 0.29) is 15.5 Å². The van der Waals surface area contributed by atoms with Crippen molar-refractivity contribution in [1.29, 1.82) is 0 Å². The smallest absolute Gasteiger partial charge is 0.337 e. The van der Waals surface area contributed by atoms with Gasteiger partial charge in [0.05, 0.1) is 17.7 Å². The van der Waals surface area contributed by atoms with Gasteiger partial charge in [0.15, 0.2) is 0 Å². The first-order valence-electron chi connectivity index (χ1n) is 5.88. The fraction of sp³-hybridized carbons (Fsp3) is 0.333. The summed E-state index contributed by atoms with van der Waals surface area (Å²) in [5, 5.41) is -0.0889.